The Balaban J connectivity index is 2.02. The number of aryl methyl sites for hydroxylation is 1. The van der Waals surface area contributed by atoms with Gasteiger partial charge >= 0.3 is 0 Å². The normalized spacial score (nSPS) is 13.4. The summed E-state index contributed by atoms with van der Waals surface area (Å²) in [5.41, 5.74) is 2.03. The third kappa shape index (κ3) is 5.60. The van der Waals surface area contributed by atoms with Crippen LogP contribution in [0.15, 0.2) is 102 Å². The molecule has 0 aliphatic heterocycles. The van der Waals surface area contributed by atoms with Crippen molar-refractivity contribution in [1.29, 1.82) is 0 Å². The van der Waals surface area contributed by atoms with Crippen molar-refractivity contribution in [2.45, 2.75) is 50.6 Å². The van der Waals surface area contributed by atoms with Gasteiger partial charge in [0.2, 0.25) is 10.0 Å². The van der Waals surface area contributed by atoms with Crippen molar-refractivity contribution in [2.24, 2.45) is 5.92 Å². The summed E-state index contributed by atoms with van der Waals surface area (Å²) in [6, 6.07) is 29.4. The fourth-order valence-electron chi connectivity index (χ4n) is 4.82. The molecule has 34 heavy (non-hydrogen) atoms. The predicted molar refractivity (Wildman–Crippen MR) is 147 cm³/mol. The van der Waals surface area contributed by atoms with E-state index in [2.05, 4.69) is 92.7 Å². The zero-order valence-corrected chi connectivity index (χ0v) is 22.8. The van der Waals surface area contributed by atoms with Gasteiger partial charge in [0, 0.05) is 6.54 Å². The van der Waals surface area contributed by atoms with Gasteiger partial charge < -0.3 is 0 Å². The molecule has 5 heteroatoms. The van der Waals surface area contributed by atoms with E-state index in [0.29, 0.717) is 11.4 Å². The van der Waals surface area contributed by atoms with Gasteiger partial charge in [0.1, 0.15) is 8.07 Å². The first kappa shape index (κ1) is 26.1. The Hall–Kier alpha value is -2.47. The van der Waals surface area contributed by atoms with E-state index < -0.39 is 18.1 Å². The maximum absolute atomic E-state index is 13.0. The van der Waals surface area contributed by atoms with Crippen LogP contribution in [-0.2, 0) is 10.0 Å². The average molecular weight is 492 g/mol. The summed E-state index contributed by atoms with van der Waals surface area (Å²) >= 11 is 0. The van der Waals surface area contributed by atoms with E-state index in [1.807, 2.05) is 26.0 Å². The first-order chi connectivity index (χ1) is 16.0. The minimum Gasteiger partial charge on any atom is -0.211 e. The molecule has 0 radical (unpaired) electrons. The van der Waals surface area contributed by atoms with Gasteiger partial charge in [-0.25, -0.2) is 13.1 Å². The Morgan fingerprint density at radius 2 is 1.35 bits per heavy atom. The lowest BCUT2D eigenvalue weighted by Gasteiger charge is -2.46. The molecule has 0 bridgehead atoms. The molecule has 0 aliphatic carbocycles. The molecule has 0 saturated heterocycles. The van der Waals surface area contributed by atoms with Crippen LogP contribution >= 0.6 is 0 Å². The van der Waals surface area contributed by atoms with E-state index in [0.717, 1.165) is 17.2 Å². The SMILES string of the molecule is C=C(C)C(CNS(=O)(=O)c1ccc(C)cc1)C[Si](c1ccccc1)(c1ccccc1)C(C)(C)C. The van der Waals surface area contributed by atoms with Crippen LogP contribution in [-0.4, -0.2) is 23.0 Å². The maximum atomic E-state index is 13.0. The van der Waals surface area contributed by atoms with E-state index in [1.165, 1.54) is 10.4 Å². The zero-order chi connectivity index (χ0) is 25.0. The summed E-state index contributed by atoms with van der Waals surface area (Å²) in [7, 11) is -5.96. The Kier molecular flexibility index (Phi) is 8.01. The number of rotatable bonds is 9. The number of hydrogen-bond acceptors (Lipinski definition) is 2. The van der Waals surface area contributed by atoms with Gasteiger partial charge in [-0.15, -0.1) is 0 Å². The summed E-state index contributed by atoms with van der Waals surface area (Å²) < 4.78 is 29.0. The molecule has 1 unspecified atom stereocenters. The molecule has 0 spiro atoms. The van der Waals surface area contributed by atoms with Crippen LogP contribution in [0.2, 0.25) is 11.1 Å². The molecule has 0 fully saturated rings. The van der Waals surface area contributed by atoms with Crippen molar-refractivity contribution in [3.8, 4) is 0 Å². The molecule has 1 N–H and O–H groups in total. The summed E-state index contributed by atoms with van der Waals surface area (Å²) in [5.74, 6) is 0.00604. The quantitative estimate of drug-likeness (QED) is 0.316. The number of nitrogens with one attached hydrogen (secondary N) is 1. The highest BCUT2D eigenvalue weighted by Gasteiger charge is 2.48. The highest BCUT2D eigenvalue weighted by molar-refractivity contribution is 7.89. The summed E-state index contributed by atoms with van der Waals surface area (Å²) in [6.45, 7) is 15.6. The molecule has 3 nitrogen and oxygen atoms in total. The number of hydrogen-bond donors (Lipinski definition) is 1. The first-order valence-electron chi connectivity index (χ1n) is 11.8. The summed E-state index contributed by atoms with van der Waals surface area (Å²) in [5, 5.41) is 2.72. The lowest BCUT2D eigenvalue weighted by molar-refractivity contribution is 0.563. The second-order valence-electron chi connectivity index (χ2n) is 10.3. The van der Waals surface area contributed by atoms with Crippen molar-refractivity contribution < 1.29 is 8.42 Å². The van der Waals surface area contributed by atoms with E-state index in [-0.39, 0.29) is 11.0 Å². The topological polar surface area (TPSA) is 46.2 Å². The molecule has 3 rings (SSSR count). The third-order valence-electron chi connectivity index (χ3n) is 6.91. The molecule has 0 amide bonds. The van der Waals surface area contributed by atoms with Gasteiger partial charge in [-0.1, -0.05) is 122 Å². The maximum Gasteiger partial charge on any atom is 0.240 e. The lowest BCUT2D eigenvalue weighted by atomic mass is 10.1. The minimum absolute atomic E-state index is 0.000755. The Morgan fingerprint density at radius 1 is 0.882 bits per heavy atom. The van der Waals surface area contributed by atoms with Gasteiger partial charge in [-0.05, 0) is 43.0 Å². The van der Waals surface area contributed by atoms with Crippen molar-refractivity contribution in [3.63, 3.8) is 0 Å². The molecule has 180 valence electrons. The van der Waals surface area contributed by atoms with Crippen molar-refractivity contribution in [2.75, 3.05) is 6.54 Å². The molecule has 3 aromatic rings. The Morgan fingerprint density at radius 3 is 1.76 bits per heavy atom. The standard InChI is InChI=1S/C29H37NO2SSi/c1-23(2)25(21-30-33(31,32)26-19-17-24(3)18-20-26)22-34(29(4,5)6,27-13-9-7-10-14-27)28-15-11-8-12-16-28/h7-20,25,30H,1,21-22H2,2-6H3. The van der Waals surface area contributed by atoms with Crippen LogP contribution in [0.4, 0.5) is 0 Å². The van der Waals surface area contributed by atoms with Crippen LogP contribution in [0, 0.1) is 12.8 Å². The molecule has 0 aromatic heterocycles. The van der Waals surface area contributed by atoms with Crippen LogP contribution in [0.1, 0.15) is 33.3 Å². The Bertz CT molecular complexity index is 1160. The van der Waals surface area contributed by atoms with Crippen molar-refractivity contribution in [3.05, 3.63) is 103 Å². The highest BCUT2D eigenvalue weighted by atomic mass is 32.2. The molecule has 0 aliphatic rings. The van der Waals surface area contributed by atoms with Gasteiger partial charge in [-0.3, -0.25) is 0 Å². The fraction of sp³-hybridized carbons (Fsp3) is 0.310. The zero-order valence-electron chi connectivity index (χ0n) is 21.0. The van der Waals surface area contributed by atoms with Crippen LogP contribution in [0.3, 0.4) is 0 Å². The van der Waals surface area contributed by atoms with E-state index in [9.17, 15) is 8.42 Å². The Labute approximate surface area is 207 Å². The molecular weight excluding hydrogens is 454 g/mol. The molecule has 3 aromatic carbocycles. The average Bonchev–Trinajstić information content (AvgIpc) is 2.79. The highest BCUT2D eigenvalue weighted by Crippen LogP contribution is 2.41. The number of sulfonamides is 1. The fourth-order valence-corrected chi connectivity index (χ4v) is 11.8. The van der Waals surface area contributed by atoms with Crippen LogP contribution < -0.4 is 15.1 Å². The monoisotopic (exact) mass is 491 g/mol. The molecule has 0 heterocycles. The van der Waals surface area contributed by atoms with Crippen LogP contribution in [0.5, 0.6) is 0 Å². The molecule has 1 atom stereocenters. The largest absolute Gasteiger partial charge is 0.240 e. The summed E-state index contributed by atoms with van der Waals surface area (Å²) in [4.78, 5) is 0.295. The van der Waals surface area contributed by atoms with E-state index in [4.69, 9.17) is 0 Å². The van der Waals surface area contributed by atoms with Gasteiger partial charge in [0.15, 0.2) is 0 Å². The molecule has 0 saturated carbocycles. The van der Waals surface area contributed by atoms with E-state index in [1.54, 1.807) is 12.1 Å². The van der Waals surface area contributed by atoms with E-state index >= 15 is 0 Å². The smallest absolute Gasteiger partial charge is 0.211 e. The second kappa shape index (κ2) is 10.4. The lowest BCUT2D eigenvalue weighted by Crippen LogP contribution is -2.65. The van der Waals surface area contributed by atoms with Crippen molar-refractivity contribution >= 4 is 28.5 Å². The summed E-state index contributed by atoms with van der Waals surface area (Å²) in [6.07, 6.45) is 0. The first-order valence-corrected chi connectivity index (χ1v) is 15.5. The second-order valence-corrected chi connectivity index (χ2v) is 16.9. The van der Waals surface area contributed by atoms with Gasteiger partial charge in [0.25, 0.3) is 0 Å². The van der Waals surface area contributed by atoms with Gasteiger partial charge in [0.05, 0.1) is 4.90 Å². The van der Waals surface area contributed by atoms with Gasteiger partial charge in [-0.2, -0.15) is 0 Å². The van der Waals surface area contributed by atoms with Crippen molar-refractivity contribution in [1.82, 2.24) is 4.72 Å². The molecular formula is C29H37NO2SSi. The minimum atomic E-state index is -3.60. The predicted octanol–water partition coefficient (Wildman–Crippen LogP) is 5.53. The number of benzene rings is 3. The third-order valence-corrected chi connectivity index (χ3v) is 14.7. The van der Waals surface area contributed by atoms with Crippen LogP contribution in [0.25, 0.3) is 0 Å².